The topological polar surface area (TPSA) is 20.3 Å². The molecule has 88 valence electrons. The Morgan fingerprint density at radius 1 is 1.40 bits per heavy atom. The molecule has 3 heteroatoms. The molecule has 0 aliphatic heterocycles. The second kappa shape index (κ2) is 7.29. The van der Waals surface area contributed by atoms with Gasteiger partial charge in [0.1, 0.15) is 5.78 Å². The molecule has 1 aliphatic rings. The van der Waals surface area contributed by atoms with Gasteiger partial charge in [-0.1, -0.05) is 13.8 Å². The van der Waals surface area contributed by atoms with Crippen molar-refractivity contribution in [1.29, 1.82) is 0 Å². The van der Waals surface area contributed by atoms with E-state index in [-0.39, 0.29) is 0 Å². The van der Waals surface area contributed by atoms with E-state index < -0.39 is 0 Å². The van der Waals surface area contributed by atoms with E-state index in [0.29, 0.717) is 11.0 Å². The summed E-state index contributed by atoms with van der Waals surface area (Å²) < 4.78 is 0. The van der Waals surface area contributed by atoms with Crippen LogP contribution in [0.15, 0.2) is 0 Å². The molecule has 2 nitrogen and oxygen atoms in total. The lowest BCUT2D eigenvalue weighted by atomic mass is 9.99. The number of carbonyl (C=O) groups is 1. The van der Waals surface area contributed by atoms with Crippen LogP contribution in [0.4, 0.5) is 0 Å². The van der Waals surface area contributed by atoms with Crippen LogP contribution in [0.3, 0.4) is 0 Å². The minimum Gasteiger partial charge on any atom is -0.303 e. The zero-order chi connectivity index (χ0) is 11.1. The molecule has 0 bridgehead atoms. The van der Waals surface area contributed by atoms with E-state index >= 15 is 0 Å². The monoisotopic (exact) mass is 229 g/mol. The summed E-state index contributed by atoms with van der Waals surface area (Å²) in [6.07, 6.45) is 4.01. The number of Topliss-reactive ketones (excluding diaryl/α,β-unsaturated/α-hetero) is 1. The minimum atomic E-state index is 0.474. The van der Waals surface area contributed by atoms with E-state index in [4.69, 9.17) is 0 Å². The molecule has 0 amide bonds. The van der Waals surface area contributed by atoms with E-state index in [9.17, 15) is 4.79 Å². The highest BCUT2D eigenvalue weighted by Gasteiger charge is 2.19. The van der Waals surface area contributed by atoms with Crippen molar-refractivity contribution in [2.24, 2.45) is 0 Å². The molecule has 0 saturated heterocycles. The zero-order valence-electron chi connectivity index (χ0n) is 10.00. The van der Waals surface area contributed by atoms with Crippen molar-refractivity contribution < 1.29 is 4.79 Å². The SMILES string of the molecule is CCN(CC)CCSC1CCCC(=O)C1. The summed E-state index contributed by atoms with van der Waals surface area (Å²) in [4.78, 5) is 13.7. The number of thioether (sulfide) groups is 1. The van der Waals surface area contributed by atoms with E-state index in [2.05, 4.69) is 18.7 Å². The Balaban J connectivity index is 2.11. The maximum absolute atomic E-state index is 11.3. The van der Waals surface area contributed by atoms with Gasteiger partial charge in [-0.2, -0.15) is 11.8 Å². The van der Waals surface area contributed by atoms with E-state index in [1.807, 2.05) is 11.8 Å². The fourth-order valence-corrected chi connectivity index (χ4v) is 3.35. The molecule has 1 rings (SSSR count). The van der Waals surface area contributed by atoms with Crippen LogP contribution in [0.25, 0.3) is 0 Å². The highest BCUT2D eigenvalue weighted by atomic mass is 32.2. The van der Waals surface area contributed by atoms with Gasteiger partial charge in [-0.15, -0.1) is 0 Å². The van der Waals surface area contributed by atoms with Gasteiger partial charge in [0.25, 0.3) is 0 Å². The van der Waals surface area contributed by atoms with Crippen molar-refractivity contribution >= 4 is 17.5 Å². The molecule has 0 radical (unpaired) electrons. The Morgan fingerprint density at radius 3 is 2.73 bits per heavy atom. The fraction of sp³-hybridized carbons (Fsp3) is 0.917. The maximum atomic E-state index is 11.3. The quantitative estimate of drug-likeness (QED) is 0.698. The molecule has 0 aromatic heterocycles. The molecule has 1 unspecified atom stereocenters. The third-order valence-corrected chi connectivity index (χ3v) is 4.38. The first kappa shape index (κ1) is 13.0. The first-order valence-corrected chi connectivity index (χ1v) is 7.16. The second-order valence-corrected chi connectivity index (χ2v) is 5.56. The molecule has 0 heterocycles. The third kappa shape index (κ3) is 5.03. The molecule has 1 aliphatic carbocycles. The van der Waals surface area contributed by atoms with Crippen molar-refractivity contribution in [3.63, 3.8) is 0 Å². The molecule has 0 aromatic carbocycles. The summed E-state index contributed by atoms with van der Waals surface area (Å²) in [5, 5.41) is 0.613. The van der Waals surface area contributed by atoms with Gasteiger partial charge in [0, 0.05) is 30.4 Å². The van der Waals surface area contributed by atoms with Gasteiger partial charge in [0.05, 0.1) is 0 Å². The summed E-state index contributed by atoms with van der Waals surface area (Å²) in [6, 6.07) is 0. The van der Waals surface area contributed by atoms with Crippen molar-refractivity contribution in [2.45, 2.75) is 44.8 Å². The largest absolute Gasteiger partial charge is 0.303 e. The van der Waals surface area contributed by atoms with E-state index in [0.717, 1.165) is 32.4 Å². The standard InChI is InChI=1S/C12H23NOS/c1-3-13(4-2)8-9-15-12-7-5-6-11(14)10-12/h12H,3-10H2,1-2H3. The molecule has 1 fully saturated rings. The van der Waals surface area contributed by atoms with Crippen LogP contribution >= 0.6 is 11.8 Å². The van der Waals surface area contributed by atoms with Crippen LogP contribution in [0.1, 0.15) is 39.5 Å². The van der Waals surface area contributed by atoms with Gasteiger partial charge in [0.15, 0.2) is 0 Å². The lowest BCUT2D eigenvalue weighted by Crippen LogP contribution is -2.26. The van der Waals surface area contributed by atoms with Crippen molar-refractivity contribution in [2.75, 3.05) is 25.4 Å². The van der Waals surface area contributed by atoms with Crippen LogP contribution < -0.4 is 0 Å². The molecular weight excluding hydrogens is 206 g/mol. The molecule has 1 atom stereocenters. The van der Waals surface area contributed by atoms with Crippen LogP contribution in [0.5, 0.6) is 0 Å². The van der Waals surface area contributed by atoms with Crippen molar-refractivity contribution in [3.8, 4) is 0 Å². The van der Waals surface area contributed by atoms with Gasteiger partial charge in [-0.05, 0) is 25.9 Å². The number of hydrogen-bond donors (Lipinski definition) is 0. The van der Waals surface area contributed by atoms with Crippen LogP contribution in [0.2, 0.25) is 0 Å². The van der Waals surface area contributed by atoms with Gasteiger partial charge < -0.3 is 4.90 Å². The zero-order valence-corrected chi connectivity index (χ0v) is 10.8. The maximum Gasteiger partial charge on any atom is 0.134 e. The fourth-order valence-electron chi connectivity index (χ4n) is 2.02. The molecular formula is C12H23NOS. The summed E-state index contributed by atoms with van der Waals surface area (Å²) in [5.74, 6) is 1.65. The number of rotatable bonds is 6. The van der Waals surface area contributed by atoms with Gasteiger partial charge in [0.2, 0.25) is 0 Å². The average Bonchev–Trinajstić information content (AvgIpc) is 2.25. The summed E-state index contributed by atoms with van der Waals surface area (Å²) in [6.45, 7) is 7.86. The minimum absolute atomic E-state index is 0.474. The normalized spacial score (nSPS) is 22.3. The smallest absolute Gasteiger partial charge is 0.134 e. The third-order valence-electron chi connectivity index (χ3n) is 3.09. The van der Waals surface area contributed by atoms with Crippen molar-refractivity contribution in [3.05, 3.63) is 0 Å². The summed E-state index contributed by atoms with van der Waals surface area (Å²) in [7, 11) is 0. The van der Waals surface area contributed by atoms with Gasteiger partial charge in [-0.25, -0.2) is 0 Å². The Hall–Kier alpha value is -0.0200. The number of ketones is 1. The predicted molar refractivity (Wildman–Crippen MR) is 67.5 cm³/mol. The Labute approximate surface area is 97.8 Å². The lowest BCUT2D eigenvalue weighted by molar-refractivity contribution is -0.120. The predicted octanol–water partition coefficient (Wildman–Crippen LogP) is 2.57. The summed E-state index contributed by atoms with van der Waals surface area (Å²) >= 11 is 2.00. The van der Waals surface area contributed by atoms with Crippen LogP contribution in [-0.4, -0.2) is 41.3 Å². The van der Waals surface area contributed by atoms with Crippen LogP contribution in [0, 0.1) is 0 Å². The lowest BCUT2D eigenvalue weighted by Gasteiger charge is -2.22. The number of carbonyl (C=O) groups excluding carboxylic acids is 1. The Bertz CT molecular complexity index is 192. The molecule has 0 spiro atoms. The van der Waals surface area contributed by atoms with Gasteiger partial charge in [-0.3, -0.25) is 4.79 Å². The average molecular weight is 229 g/mol. The first-order chi connectivity index (χ1) is 7.26. The van der Waals surface area contributed by atoms with Crippen LogP contribution in [-0.2, 0) is 4.79 Å². The van der Waals surface area contributed by atoms with E-state index in [1.165, 1.54) is 18.7 Å². The first-order valence-electron chi connectivity index (χ1n) is 6.12. The van der Waals surface area contributed by atoms with Crippen molar-refractivity contribution in [1.82, 2.24) is 4.90 Å². The molecule has 0 aromatic rings. The Morgan fingerprint density at radius 2 is 2.13 bits per heavy atom. The van der Waals surface area contributed by atoms with Gasteiger partial charge >= 0.3 is 0 Å². The number of nitrogens with zero attached hydrogens (tertiary/aromatic N) is 1. The molecule has 1 saturated carbocycles. The number of hydrogen-bond acceptors (Lipinski definition) is 3. The van der Waals surface area contributed by atoms with E-state index in [1.54, 1.807) is 0 Å². The highest BCUT2D eigenvalue weighted by Crippen LogP contribution is 2.26. The molecule has 0 N–H and O–H groups in total. The Kier molecular flexibility index (Phi) is 6.34. The highest BCUT2D eigenvalue weighted by molar-refractivity contribution is 7.99. The summed E-state index contributed by atoms with van der Waals surface area (Å²) in [5.41, 5.74) is 0. The second-order valence-electron chi connectivity index (χ2n) is 4.15. The molecule has 15 heavy (non-hydrogen) atoms.